The quantitative estimate of drug-likeness (QED) is 0.433. The number of nitrogens with one attached hydrogen (secondary N) is 2. The molecule has 0 aliphatic heterocycles. The second-order valence-electron chi connectivity index (χ2n) is 5.94. The number of aromatic hydroxyl groups is 3. The minimum atomic E-state index is -0.686. The summed E-state index contributed by atoms with van der Waals surface area (Å²) in [5, 5.41) is 33.7. The first-order valence-electron chi connectivity index (χ1n) is 8.27. The molecule has 0 aliphatic rings. The van der Waals surface area contributed by atoms with Crippen molar-refractivity contribution < 1.29 is 24.9 Å². The number of hydrogen-bond donors (Lipinski definition) is 5. The molecule has 8 nitrogen and oxygen atoms in total. The van der Waals surface area contributed by atoms with Crippen molar-refractivity contribution in [3.8, 4) is 17.2 Å². The van der Waals surface area contributed by atoms with Crippen LogP contribution in [0.3, 0.4) is 0 Å². The van der Waals surface area contributed by atoms with Gasteiger partial charge in [0.2, 0.25) is 0 Å². The Labute approximate surface area is 160 Å². The third-order valence-electron chi connectivity index (χ3n) is 3.92. The third kappa shape index (κ3) is 4.36. The van der Waals surface area contributed by atoms with Gasteiger partial charge in [0.15, 0.2) is 17.2 Å². The van der Waals surface area contributed by atoms with Crippen LogP contribution in [0.1, 0.15) is 26.3 Å². The van der Waals surface area contributed by atoms with Gasteiger partial charge < -0.3 is 26.0 Å². The van der Waals surface area contributed by atoms with Crippen LogP contribution in [0, 0.1) is 0 Å². The van der Waals surface area contributed by atoms with Crippen molar-refractivity contribution in [1.29, 1.82) is 0 Å². The van der Waals surface area contributed by atoms with Crippen LogP contribution in [-0.2, 0) is 6.54 Å². The Hall–Kier alpha value is -4.07. The molecule has 2 aromatic carbocycles. The van der Waals surface area contributed by atoms with Gasteiger partial charge in [-0.3, -0.25) is 14.6 Å². The van der Waals surface area contributed by atoms with E-state index < -0.39 is 23.2 Å². The van der Waals surface area contributed by atoms with Crippen LogP contribution in [0.15, 0.2) is 60.9 Å². The van der Waals surface area contributed by atoms with Crippen LogP contribution >= 0.6 is 0 Å². The largest absolute Gasteiger partial charge is 0.504 e. The summed E-state index contributed by atoms with van der Waals surface area (Å²) in [5.74, 6) is -2.68. The van der Waals surface area contributed by atoms with Crippen molar-refractivity contribution in [1.82, 2.24) is 10.3 Å². The molecule has 3 rings (SSSR count). The minimum Gasteiger partial charge on any atom is -0.504 e. The fraction of sp³-hybridized carbons (Fsp3) is 0.0500. The van der Waals surface area contributed by atoms with Crippen LogP contribution in [0.5, 0.6) is 17.2 Å². The smallest absolute Gasteiger partial charge is 0.255 e. The maximum absolute atomic E-state index is 12.2. The Bertz CT molecular complexity index is 981. The summed E-state index contributed by atoms with van der Waals surface area (Å²) in [6.45, 7) is 0.307. The highest BCUT2D eigenvalue weighted by Gasteiger charge is 2.13. The fourth-order valence-electron chi connectivity index (χ4n) is 2.43. The summed E-state index contributed by atoms with van der Waals surface area (Å²) in [6, 6.07) is 12.2. The number of hydrogen-bond acceptors (Lipinski definition) is 6. The van der Waals surface area contributed by atoms with Gasteiger partial charge in [0.1, 0.15) is 0 Å². The molecule has 0 radical (unpaired) electrons. The Balaban J connectivity index is 1.60. The molecule has 0 aliphatic carbocycles. The van der Waals surface area contributed by atoms with Crippen molar-refractivity contribution in [3.63, 3.8) is 0 Å². The highest BCUT2D eigenvalue weighted by atomic mass is 16.3. The molecule has 0 fully saturated rings. The first kappa shape index (κ1) is 18.7. The molecule has 8 heteroatoms. The maximum Gasteiger partial charge on any atom is 0.255 e. The Morgan fingerprint density at radius 1 is 0.893 bits per heavy atom. The zero-order valence-electron chi connectivity index (χ0n) is 14.6. The van der Waals surface area contributed by atoms with E-state index in [2.05, 4.69) is 15.6 Å². The van der Waals surface area contributed by atoms with Crippen LogP contribution in [0.25, 0.3) is 0 Å². The number of rotatable bonds is 5. The molecule has 0 bridgehead atoms. The number of carbonyl (C=O) groups is 2. The maximum atomic E-state index is 12.2. The van der Waals surface area contributed by atoms with Gasteiger partial charge in [-0.15, -0.1) is 0 Å². The standard InChI is InChI=1S/C20H17N3O5/c24-16-8-14(9-17(25)18(16)26)20(28)23-15-5-3-12(4-6-15)10-22-19(27)13-2-1-7-21-11-13/h1-9,11,24-26H,10H2,(H,22,27)(H,23,28). The van der Waals surface area contributed by atoms with Gasteiger partial charge in [0, 0.05) is 30.2 Å². The van der Waals surface area contributed by atoms with E-state index in [1.807, 2.05) is 0 Å². The second-order valence-corrected chi connectivity index (χ2v) is 5.94. The monoisotopic (exact) mass is 379 g/mol. The van der Waals surface area contributed by atoms with E-state index in [-0.39, 0.29) is 11.5 Å². The van der Waals surface area contributed by atoms with Gasteiger partial charge in [-0.25, -0.2) is 0 Å². The van der Waals surface area contributed by atoms with Crippen LogP contribution < -0.4 is 10.6 Å². The minimum absolute atomic E-state index is 0.0133. The summed E-state index contributed by atoms with van der Waals surface area (Å²) >= 11 is 0. The molecule has 5 N–H and O–H groups in total. The number of nitrogens with zero attached hydrogens (tertiary/aromatic N) is 1. The molecule has 3 aromatic rings. The number of phenolic OH excluding ortho intramolecular Hbond substituents is 3. The van der Waals surface area contributed by atoms with Crippen LogP contribution in [0.4, 0.5) is 5.69 Å². The fourth-order valence-corrected chi connectivity index (χ4v) is 2.43. The van der Waals surface area contributed by atoms with Gasteiger partial charge in [0.25, 0.3) is 11.8 Å². The average Bonchev–Trinajstić information content (AvgIpc) is 2.71. The molecule has 0 saturated carbocycles. The molecular weight excluding hydrogens is 362 g/mol. The zero-order valence-corrected chi connectivity index (χ0v) is 14.6. The first-order chi connectivity index (χ1) is 13.4. The Morgan fingerprint density at radius 3 is 2.18 bits per heavy atom. The van der Waals surface area contributed by atoms with E-state index in [0.717, 1.165) is 17.7 Å². The highest BCUT2D eigenvalue weighted by Crippen LogP contribution is 2.35. The highest BCUT2D eigenvalue weighted by molar-refractivity contribution is 6.05. The lowest BCUT2D eigenvalue weighted by molar-refractivity contribution is 0.0949. The van der Waals surface area contributed by atoms with Gasteiger partial charge in [-0.1, -0.05) is 12.1 Å². The number of carbonyl (C=O) groups excluding carboxylic acids is 2. The molecule has 0 saturated heterocycles. The molecular formula is C20H17N3O5. The lowest BCUT2D eigenvalue weighted by Gasteiger charge is -2.09. The van der Waals surface area contributed by atoms with Gasteiger partial charge >= 0.3 is 0 Å². The molecule has 2 amide bonds. The van der Waals surface area contributed by atoms with E-state index in [0.29, 0.717) is 17.8 Å². The van der Waals surface area contributed by atoms with Gasteiger partial charge in [0.05, 0.1) is 5.56 Å². The predicted octanol–water partition coefficient (Wildman–Crippen LogP) is 2.38. The van der Waals surface area contributed by atoms with Crippen molar-refractivity contribution in [2.45, 2.75) is 6.54 Å². The SMILES string of the molecule is O=C(NCc1ccc(NC(=O)c2cc(O)c(O)c(O)c2)cc1)c1cccnc1. The summed E-state index contributed by atoms with van der Waals surface area (Å²) in [7, 11) is 0. The van der Waals surface area contributed by atoms with E-state index in [1.54, 1.807) is 42.6 Å². The zero-order chi connectivity index (χ0) is 20.1. The molecule has 142 valence electrons. The van der Waals surface area contributed by atoms with Gasteiger partial charge in [-0.2, -0.15) is 0 Å². The van der Waals surface area contributed by atoms with Crippen molar-refractivity contribution in [2.24, 2.45) is 0 Å². The Morgan fingerprint density at radius 2 is 1.57 bits per heavy atom. The Kier molecular flexibility index (Phi) is 5.40. The lowest BCUT2D eigenvalue weighted by atomic mass is 10.1. The number of anilines is 1. The molecule has 28 heavy (non-hydrogen) atoms. The summed E-state index contributed by atoms with van der Waals surface area (Å²) in [5.41, 5.74) is 1.77. The van der Waals surface area contributed by atoms with Crippen LogP contribution in [-0.4, -0.2) is 32.1 Å². The van der Waals surface area contributed by atoms with E-state index in [1.165, 1.54) is 6.20 Å². The van der Waals surface area contributed by atoms with Crippen LogP contribution in [0.2, 0.25) is 0 Å². The third-order valence-corrected chi connectivity index (χ3v) is 3.92. The summed E-state index contributed by atoms with van der Waals surface area (Å²) in [4.78, 5) is 28.1. The molecule has 0 atom stereocenters. The molecule has 0 spiro atoms. The van der Waals surface area contributed by atoms with Crippen molar-refractivity contribution in [2.75, 3.05) is 5.32 Å². The van der Waals surface area contributed by atoms with Gasteiger partial charge in [-0.05, 0) is 42.0 Å². The number of phenols is 3. The summed E-state index contributed by atoms with van der Waals surface area (Å²) < 4.78 is 0. The van der Waals surface area contributed by atoms with E-state index in [9.17, 15) is 24.9 Å². The molecule has 1 heterocycles. The topological polar surface area (TPSA) is 132 Å². The van der Waals surface area contributed by atoms with E-state index >= 15 is 0 Å². The predicted molar refractivity (Wildman–Crippen MR) is 101 cm³/mol. The van der Waals surface area contributed by atoms with Crippen molar-refractivity contribution in [3.05, 3.63) is 77.6 Å². The van der Waals surface area contributed by atoms with Crippen molar-refractivity contribution >= 4 is 17.5 Å². The normalized spacial score (nSPS) is 10.3. The second kappa shape index (κ2) is 8.09. The molecule has 1 aromatic heterocycles. The van der Waals surface area contributed by atoms with E-state index in [4.69, 9.17) is 0 Å². The first-order valence-corrected chi connectivity index (χ1v) is 8.27. The summed E-state index contributed by atoms with van der Waals surface area (Å²) in [6.07, 6.45) is 3.07. The average molecular weight is 379 g/mol. The number of benzene rings is 2. The molecule has 0 unspecified atom stereocenters. The number of amides is 2. The lowest BCUT2D eigenvalue weighted by Crippen LogP contribution is -2.22. The number of aromatic nitrogens is 1. The number of pyridine rings is 1.